The molecule has 3 N–H and O–H groups in total. The van der Waals surface area contributed by atoms with Gasteiger partial charge >= 0.3 is 0 Å². The highest BCUT2D eigenvalue weighted by molar-refractivity contribution is 4.90. The summed E-state index contributed by atoms with van der Waals surface area (Å²) in [4.78, 5) is 0. The average molecular weight is 215 g/mol. The number of ether oxygens (including phenoxy) is 1. The fraction of sp³-hybridized carbons (Fsp3) is 1.00. The minimum absolute atomic E-state index is 0.415. The van der Waals surface area contributed by atoms with E-state index in [1.165, 1.54) is 0 Å². The van der Waals surface area contributed by atoms with Crippen LogP contribution in [0.4, 0.5) is 0 Å². The van der Waals surface area contributed by atoms with Crippen molar-refractivity contribution < 1.29 is 14.9 Å². The second-order valence-corrected chi connectivity index (χ2v) is 5.06. The Morgan fingerprint density at radius 2 is 1.67 bits per heavy atom. The summed E-state index contributed by atoms with van der Waals surface area (Å²) in [7, 11) is 0. The molecule has 1 saturated heterocycles. The van der Waals surface area contributed by atoms with Gasteiger partial charge in [-0.3, -0.25) is 0 Å². The molecule has 4 heteroatoms. The molecule has 15 heavy (non-hydrogen) atoms. The molecule has 2 fully saturated rings. The normalized spacial score (nSPS) is 34.8. The van der Waals surface area contributed by atoms with Crippen molar-refractivity contribution in [1.82, 2.24) is 5.32 Å². The van der Waals surface area contributed by atoms with Crippen molar-refractivity contribution in [2.75, 3.05) is 26.3 Å². The molecule has 0 aromatic rings. The molecule has 88 valence electrons. The van der Waals surface area contributed by atoms with E-state index in [-0.39, 0.29) is 0 Å². The molecule has 1 unspecified atom stereocenters. The highest BCUT2D eigenvalue weighted by atomic mass is 16.5. The first kappa shape index (κ1) is 11.3. The van der Waals surface area contributed by atoms with E-state index >= 15 is 0 Å². The Morgan fingerprint density at radius 1 is 1.00 bits per heavy atom. The molecule has 1 aliphatic heterocycles. The van der Waals surface area contributed by atoms with Crippen molar-refractivity contribution in [3.05, 3.63) is 0 Å². The maximum Gasteiger partial charge on any atom is 0.102 e. The van der Waals surface area contributed by atoms with Crippen LogP contribution >= 0.6 is 0 Å². The number of hydrogen-bond acceptors (Lipinski definition) is 4. The molecule has 0 aromatic heterocycles. The SMILES string of the molecule is OC1(CNCC2(O)CCOC2)CCCC1. The molecule has 0 spiro atoms. The Morgan fingerprint density at radius 3 is 2.27 bits per heavy atom. The molecular weight excluding hydrogens is 194 g/mol. The minimum Gasteiger partial charge on any atom is -0.389 e. The lowest BCUT2D eigenvalue weighted by molar-refractivity contribution is 0.0117. The summed E-state index contributed by atoms with van der Waals surface area (Å²) >= 11 is 0. The number of hydrogen-bond donors (Lipinski definition) is 3. The Labute approximate surface area is 90.6 Å². The maximum atomic E-state index is 10.1. The summed E-state index contributed by atoms with van der Waals surface area (Å²) < 4.78 is 5.16. The maximum absolute atomic E-state index is 10.1. The number of aliphatic hydroxyl groups is 2. The Kier molecular flexibility index (Phi) is 3.30. The lowest BCUT2D eigenvalue weighted by atomic mass is 10.0. The summed E-state index contributed by atoms with van der Waals surface area (Å²) in [6, 6.07) is 0. The molecule has 2 rings (SSSR count). The first-order valence-electron chi connectivity index (χ1n) is 5.85. The van der Waals surface area contributed by atoms with E-state index in [4.69, 9.17) is 4.74 Å². The van der Waals surface area contributed by atoms with E-state index in [2.05, 4.69) is 5.32 Å². The van der Waals surface area contributed by atoms with Crippen molar-refractivity contribution in [2.24, 2.45) is 0 Å². The van der Waals surface area contributed by atoms with Crippen LogP contribution in [0.3, 0.4) is 0 Å². The van der Waals surface area contributed by atoms with Crippen molar-refractivity contribution in [1.29, 1.82) is 0 Å². The van der Waals surface area contributed by atoms with Gasteiger partial charge in [-0.25, -0.2) is 0 Å². The Hall–Kier alpha value is -0.160. The molecule has 4 nitrogen and oxygen atoms in total. The van der Waals surface area contributed by atoms with Gasteiger partial charge in [-0.1, -0.05) is 12.8 Å². The minimum atomic E-state index is -0.713. The van der Waals surface area contributed by atoms with Crippen molar-refractivity contribution in [3.63, 3.8) is 0 Å². The Balaban J connectivity index is 1.69. The number of rotatable bonds is 4. The molecule has 1 atom stereocenters. The van der Waals surface area contributed by atoms with Gasteiger partial charge in [0.1, 0.15) is 5.60 Å². The number of nitrogens with one attached hydrogen (secondary N) is 1. The zero-order valence-electron chi connectivity index (χ0n) is 9.17. The van der Waals surface area contributed by atoms with Gasteiger partial charge < -0.3 is 20.3 Å². The fourth-order valence-electron chi connectivity index (χ4n) is 2.47. The van der Waals surface area contributed by atoms with E-state index in [0.29, 0.717) is 32.7 Å². The quantitative estimate of drug-likeness (QED) is 0.619. The van der Waals surface area contributed by atoms with E-state index < -0.39 is 11.2 Å². The third kappa shape index (κ3) is 2.91. The molecule has 1 saturated carbocycles. The monoisotopic (exact) mass is 215 g/mol. The van der Waals surface area contributed by atoms with Gasteiger partial charge in [-0.05, 0) is 12.8 Å². The highest BCUT2D eigenvalue weighted by Crippen LogP contribution is 2.28. The van der Waals surface area contributed by atoms with Crippen LogP contribution in [0, 0.1) is 0 Å². The molecule has 2 aliphatic rings. The second kappa shape index (κ2) is 4.37. The molecule has 0 aromatic carbocycles. The molecule has 0 amide bonds. The van der Waals surface area contributed by atoms with Gasteiger partial charge in [0.05, 0.1) is 12.2 Å². The average Bonchev–Trinajstić information content (AvgIpc) is 2.76. The van der Waals surface area contributed by atoms with E-state index in [1.807, 2.05) is 0 Å². The summed E-state index contributed by atoms with van der Waals surface area (Å²) in [5.74, 6) is 0. The first-order chi connectivity index (χ1) is 7.12. The Bertz CT molecular complexity index is 186. The van der Waals surface area contributed by atoms with Gasteiger partial charge in [0.25, 0.3) is 0 Å². The molecule has 0 radical (unpaired) electrons. The summed E-state index contributed by atoms with van der Waals surface area (Å²) in [6.07, 6.45) is 4.69. The summed E-state index contributed by atoms with van der Waals surface area (Å²) in [5.41, 5.74) is -1.25. The largest absolute Gasteiger partial charge is 0.389 e. The molecule has 1 aliphatic carbocycles. The van der Waals surface area contributed by atoms with Gasteiger partial charge in [-0.2, -0.15) is 0 Å². The smallest absolute Gasteiger partial charge is 0.102 e. The van der Waals surface area contributed by atoms with Crippen molar-refractivity contribution in [3.8, 4) is 0 Å². The van der Waals surface area contributed by atoms with Crippen LogP contribution in [0.2, 0.25) is 0 Å². The summed E-state index contributed by atoms with van der Waals surface area (Å²) in [6.45, 7) is 2.17. The van der Waals surface area contributed by atoms with E-state index in [0.717, 1.165) is 25.7 Å². The van der Waals surface area contributed by atoms with Crippen LogP contribution in [0.25, 0.3) is 0 Å². The second-order valence-electron chi connectivity index (χ2n) is 5.06. The standard InChI is InChI=1S/C11H21NO3/c13-10(3-1-2-4-10)7-12-8-11(14)5-6-15-9-11/h12-14H,1-9H2. The van der Waals surface area contributed by atoms with Crippen LogP contribution in [-0.2, 0) is 4.74 Å². The van der Waals surface area contributed by atoms with Crippen LogP contribution < -0.4 is 5.32 Å². The van der Waals surface area contributed by atoms with Crippen molar-refractivity contribution in [2.45, 2.75) is 43.3 Å². The predicted molar refractivity (Wildman–Crippen MR) is 56.7 cm³/mol. The van der Waals surface area contributed by atoms with Crippen LogP contribution in [-0.4, -0.2) is 47.7 Å². The van der Waals surface area contributed by atoms with Gasteiger partial charge in [0.2, 0.25) is 0 Å². The topological polar surface area (TPSA) is 61.7 Å². The predicted octanol–water partition coefficient (Wildman–Crippen LogP) is 0.0325. The van der Waals surface area contributed by atoms with Crippen molar-refractivity contribution >= 4 is 0 Å². The third-order valence-electron chi connectivity index (χ3n) is 3.52. The van der Waals surface area contributed by atoms with Gasteiger partial charge in [0.15, 0.2) is 0 Å². The highest BCUT2D eigenvalue weighted by Gasteiger charge is 2.34. The zero-order valence-corrected chi connectivity index (χ0v) is 9.17. The van der Waals surface area contributed by atoms with Crippen LogP contribution in [0.5, 0.6) is 0 Å². The van der Waals surface area contributed by atoms with Crippen LogP contribution in [0.15, 0.2) is 0 Å². The molecule has 1 heterocycles. The zero-order chi connectivity index (χ0) is 10.8. The van der Waals surface area contributed by atoms with Crippen LogP contribution in [0.1, 0.15) is 32.1 Å². The lowest BCUT2D eigenvalue weighted by Gasteiger charge is -2.26. The fourth-order valence-corrected chi connectivity index (χ4v) is 2.47. The first-order valence-corrected chi connectivity index (χ1v) is 5.85. The van der Waals surface area contributed by atoms with E-state index in [1.54, 1.807) is 0 Å². The van der Waals surface area contributed by atoms with Gasteiger partial charge in [0, 0.05) is 26.1 Å². The molecule has 0 bridgehead atoms. The molecular formula is C11H21NO3. The lowest BCUT2D eigenvalue weighted by Crippen LogP contribution is -2.46. The summed E-state index contributed by atoms with van der Waals surface area (Å²) in [5, 5.41) is 23.2. The van der Waals surface area contributed by atoms with E-state index in [9.17, 15) is 10.2 Å². The third-order valence-corrected chi connectivity index (χ3v) is 3.52. The van der Waals surface area contributed by atoms with Gasteiger partial charge in [-0.15, -0.1) is 0 Å².